The Morgan fingerprint density at radius 2 is 1.93 bits per heavy atom. The summed E-state index contributed by atoms with van der Waals surface area (Å²) in [5.74, 6) is 2.19. The first-order valence-electron chi connectivity index (χ1n) is 10.6. The minimum Gasteiger partial charge on any atom is -0.496 e. The third kappa shape index (κ3) is 5.43. The van der Waals surface area contributed by atoms with E-state index in [2.05, 4.69) is 0 Å². The molecule has 0 bridgehead atoms. The predicted molar refractivity (Wildman–Crippen MR) is 111 cm³/mol. The molecule has 0 unspecified atom stereocenters. The second kappa shape index (κ2) is 9.06. The lowest BCUT2D eigenvalue weighted by molar-refractivity contribution is 0.0180. The van der Waals surface area contributed by atoms with E-state index >= 15 is 0 Å². The third-order valence-corrected chi connectivity index (χ3v) is 5.64. The van der Waals surface area contributed by atoms with Gasteiger partial charge in [-0.25, -0.2) is 4.79 Å². The summed E-state index contributed by atoms with van der Waals surface area (Å²) in [6, 6.07) is 3.67. The first-order chi connectivity index (χ1) is 13.8. The zero-order valence-electron chi connectivity index (χ0n) is 18.1. The molecule has 2 heterocycles. The molecule has 29 heavy (non-hydrogen) atoms. The zero-order valence-corrected chi connectivity index (χ0v) is 18.1. The van der Waals surface area contributed by atoms with E-state index in [0.717, 1.165) is 62.9 Å². The molecule has 6 nitrogen and oxygen atoms in total. The highest BCUT2D eigenvalue weighted by molar-refractivity contribution is 6.03. The SMILES string of the molecule is COc1ccc2c(c1CCCCC1CCN(C(=O)OC(C)(C)C)CC1)OCC2=O. The number of amides is 1. The number of hydrogen-bond donors (Lipinski definition) is 0. The van der Waals surface area contributed by atoms with Crippen LogP contribution in [0.3, 0.4) is 0 Å². The third-order valence-electron chi connectivity index (χ3n) is 5.64. The molecule has 2 aliphatic heterocycles. The number of ether oxygens (including phenoxy) is 3. The van der Waals surface area contributed by atoms with Crippen LogP contribution in [-0.4, -0.2) is 49.2 Å². The number of ketones is 1. The fourth-order valence-corrected chi connectivity index (χ4v) is 4.10. The molecule has 0 radical (unpaired) electrons. The Balaban J connectivity index is 1.43. The van der Waals surface area contributed by atoms with Gasteiger partial charge in [-0.2, -0.15) is 0 Å². The van der Waals surface area contributed by atoms with E-state index in [-0.39, 0.29) is 18.5 Å². The molecule has 0 N–H and O–H groups in total. The Morgan fingerprint density at radius 3 is 2.59 bits per heavy atom. The van der Waals surface area contributed by atoms with Gasteiger partial charge in [0.15, 0.2) is 6.61 Å². The van der Waals surface area contributed by atoms with Gasteiger partial charge >= 0.3 is 6.09 Å². The van der Waals surface area contributed by atoms with E-state index in [0.29, 0.717) is 17.2 Å². The van der Waals surface area contributed by atoms with Crippen LogP contribution in [0.4, 0.5) is 4.79 Å². The van der Waals surface area contributed by atoms with Crippen LogP contribution in [0.15, 0.2) is 12.1 Å². The lowest BCUT2D eigenvalue weighted by atomic mass is 9.90. The highest BCUT2D eigenvalue weighted by atomic mass is 16.6. The highest BCUT2D eigenvalue weighted by Gasteiger charge is 2.28. The summed E-state index contributed by atoms with van der Waals surface area (Å²) in [5, 5.41) is 0. The topological polar surface area (TPSA) is 65.1 Å². The van der Waals surface area contributed by atoms with Crippen LogP contribution in [0.1, 0.15) is 68.8 Å². The van der Waals surface area contributed by atoms with Crippen molar-refractivity contribution in [3.63, 3.8) is 0 Å². The summed E-state index contributed by atoms with van der Waals surface area (Å²) >= 11 is 0. The summed E-state index contributed by atoms with van der Waals surface area (Å²) < 4.78 is 16.6. The van der Waals surface area contributed by atoms with Crippen LogP contribution < -0.4 is 9.47 Å². The maximum absolute atomic E-state index is 12.2. The van der Waals surface area contributed by atoms with Crippen LogP contribution in [0.2, 0.25) is 0 Å². The van der Waals surface area contributed by atoms with Crippen molar-refractivity contribution in [1.29, 1.82) is 0 Å². The van der Waals surface area contributed by atoms with Gasteiger partial charge in [-0.3, -0.25) is 4.79 Å². The van der Waals surface area contributed by atoms with Gasteiger partial charge in [-0.05, 0) is 64.5 Å². The molecule has 0 aromatic heterocycles. The minimum absolute atomic E-state index is 0.0423. The van der Waals surface area contributed by atoms with E-state index < -0.39 is 5.60 Å². The van der Waals surface area contributed by atoms with Gasteiger partial charge in [0, 0.05) is 18.7 Å². The Morgan fingerprint density at radius 1 is 1.21 bits per heavy atom. The van der Waals surface area contributed by atoms with Crippen LogP contribution in [-0.2, 0) is 11.2 Å². The summed E-state index contributed by atoms with van der Waals surface area (Å²) in [5.41, 5.74) is 1.24. The zero-order chi connectivity index (χ0) is 21.0. The van der Waals surface area contributed by atoms with Gasteiger partial charge in [0.25, 0.3) is 0 Å². The highest BCUT2D eigenvalue weighted by Crippen LogP contribution is 2.37. The van der Waals surface area contributed by atoms with E-state index in [1.54, 1.807) is 13.2 Å². The number of likely N-dealkylation sites (tertiary alicyclic amines) is 1. The number of methoxy groups -OCH3 is 1. The lowest BCUT2D eigenvalue weighted by Gasteiger charge is -2.33. The second-order valence-corrected chi connectivity index (χ2v) is 8.99. The van der Waals surface area contributed by atoms with E-state index in [1.807, 2.05) is 31.7 Å². The maximum Gasteiger partial charge on any atom is 0.410 e. The Labute approximate surface area is 173 Å². The molecule has 1 aromatic carbocycles. The Kier molecular flexibility index (Phi) is 6.70. The molecule has 1 aromatic rings. The molecular formula is C23H33NO5. The van der Waals surface area contributed by atoms with Crippen LogP contribution in [0.5, 0.6) is 11.5 Å². The number of hydrogen-bond acceptors (Lipinski definition) is 5. The molecule has 2 aliphatic rings. The van der Waals surface area contributed by atoms with Crippen molar-refractivity contribution < 1.29 is 23.8 Å². The van der Waals surface area contributed by atoms with Gasteiger partial charge in [-0.1, -0.05) is 12.8 Å². The quantitative estimate of drug-likeness (QED) is 0.648. The molecule has 1 fully saturated rings. The number of rotatable bonds is 6. The number of unbranched alkanes of at least 4 members (excludes halogenated alkanes) is 1. The standard InChI is InChI=1S/C23H33NO5/c1-23(2,3)29-22(26)24-13-11-16(12-14-24)7-5-6-8-18-20(27-4)10-9-17-19(25)15-28-21(17)18/h9-10,16H,5-8,11-15H2,1-4H3. The Bertz CT molecular complexity index is 744. The molecule has 160 valence electrons. The molecule has 6 heteroatoms. The number of Topliss-reactive ketones (excluding diaryl/α,β-unsaturated/α-hetero) is 1. The number of benzene rings is 1. The first kappa shape index (κ1) is 21.5. The fourth-order valence-electron chi connectivity index (χ4n) is 4.10. The number of piperidine rings is 1. The van der Waals surface area contributed by atoms with Crippen molar-refractivity contribution >= 4 is 11.9 Å². The van der Waals surface area contributed by atoms with Gasteiger partial charge in [0.05, 0.1) is 12.7 Å². The van der Waals surface area contributed by atoms with E-state index in [1.165, 1.54) is 0 Å². The van der Waals surface area contributed by atoms with Crippen LogP contribution >= 0.6 is 0 Å². The van der Waals surface area contributed by atoms with Crippen molar-refractivity contribution in [3.8, 4) is 11.5 Å². The number of nitrogens with zero attached hydrogens (tertiary/aromatic N) is 1. The lowest BCUT2D eigenvalue weighted by Crippen LogP contribution is -2.41. The normalized spacial score (nSPS) is 17.1. The molecule has 0 atom stereocenters. The molecule has 0 aliphatic carbocycles. The molecule has 0 saturated carbocycles. The average Bonchev–Trinajstić information content (AvgIpc) is 3.05. The number of carbonyl (C=O) groups excluding carboxylic acids is 2. The monoisotopic (exact) mass is 403 g/mol. The fraction of sp³-hybridized carbons (Fsp3) is 0.652. The molecular weight excluding hydrogens is 370 g/mol. The summed E-state index contributed by atoms with van der Waals surface area (Å²) in [4.78, 5) is 25.9. The molecule has 0 spiro atoms. The smallest absolute Gasteiger partial charge is 0.410 e. The molecule has 1 saturated heterocycles. The van der Waals surface area contributed by atoms with Gasteiger partial charge in [0.2, 0.25) is 5.78 Å². The van der Waals surface area contributed by atoms with Crippen molar-refractivity contribution in [2.45, 2.75) is 64.9 Å². The second-order valence-electron chi connectivity index (χ2n) is 8.99. The summed E-state index contributed by atoms with van der Waals surface area (Å²) in [7, 11) is 1.65. The van der Waals surface area contributed by atoms with E-state index in [9.17, 15) is 9.59 Å². The Hall–Kier alpha value is -2.24. The van der Waals surface area contributed by atoms with Crippen LogP contribution in [0.25, 0.3) is 0 Å². The average molecular weight is 404 g/mol. The minimum atomic E-state index is -0.444. The first-order valence-corrected chi connectivity index (χ1v) is 10.6. The maximum atomic E-state index is 12.2. The van der Waals surface area contributed by atoms with Crippen molar-refractivity contribution in [3.05, 3.63) is 23.3 Å². The van der Waals surface area contributed by atoms with Crippen molar-refractivity contribution in [2.75, 3.05) is 26.8 Å². The summed E-state index contributed by atoms with van der Waals surface area (Å²) in [6.07, 6.45) is 5.99. The van der Waals surface area contributed by atoms with E-state index in [4.69, 9.17) is 14.2 Å². The molecule has 3 rings (SSSR count). The number of carbonyl (C=O) groups is 2. The summed E-state index contributed by atoms with van der Waals surface area (Å²) in [6.45, 7) is 7.37. The van der Waals surface area contributed by atoms with Crippen LogP contribution in [0, 0.1) is 5.92 Å². The largest absolute Gasteiger partial charge is 0.496 e. The van der Waals surface area contributed by atoms with Gasteiger partial charge in [0.1, 0.15) is 17.1 Å². The number of fused-ring (bicyclic) bond motifs is 1. The molecule has 1 amide bonds. The predicted octanol–water partition coefficient (Wildman–Crippen LogP) is 4.63. The van der Waals surface area contributed by atoms with Crippen molar-refractivity contribution in [2.24, 2.45) is 5.92 Å². The van der Waals surface area contributed by atoms with Gasteiger partial charge in [-0.15, -0.1) is 0 Å². The van der Waals surface area contributed by atoms with Crippen molar-refractivity contribution in [1.82, 2.24) is 4.90 Å². The van der Waals surface area contributed by atoms with Gasteiger partial charge < -0.3 is 19.1 Å².